The molecule has 0 aliphatic carbocycles. The Labute approximate surface area is 121 Å². The van der Waals surface area contributed by atoms with Crippen LogP contribution in [0.15, 0.2) is 0 Å². The molecule has 0 radical (unpaired) electrons. The van der Waals surface area contributed by atoms with E-state index in [0.29, 0.717) is 13.0 Å². The second kappa shape index (κ2) is 7.61. The van der Waals surface area contributed by atoms with Gasteiger partial charge in [0.05, 0.1) is 17.4 Å². The molecule has 1 aliphatic heterocycles. The highest BCUT2D eigenvalue weighted by Gasteiger charge is 2.35. The average Bonchev–Trinajstić information content (AvgIpc) is 2.79. The van der Waals surface area contributed by atoms with E-state index in [1.165, 1.54) is 18.7 Å². The quantitative estimate of drug-likeness (QED) is 0.476. The number of carboxylic acid groups (broad SMARTS) is 1. The van der Waals surface area contributed by atoms with E-state index < -0.39 is 35.3 Å². The lowest BCUT2D eigenvalue weighted by Crippen LogP contribution is -2.45. The molecule has 1 heterocycles. The molecule has 1 saturated heterocycles. The summed E-state index contributed by atoms with van der Waals surface area (Å²) < 4.78 is 0. The number of aliphatic hydroxyl groups is 1. The van der Waals surface area contributed by atoms with E-state index >= 15 is 0 Å². The van der Waals surface area contributed by atoms with E-state index in [-0.39, 0.29) is 12.2 Å². The molecule has 0 aromatic carbocycles. The minimum atomic E-state index is -1.16. The summed E-state index contributed by atoms with van der Waals surface area (Å²) in [7, 11) is 0. The Bertz CT molecular complexity index is 390. The first-order chi connectivity index (χ1) is 9.35. The zero-order valence-electron chi connectivity index (χ0n) is 11.5. The normalized spacial score (nSPS) is 24.9. The van der Waals surface area contributed by atoms with Crippen LogP contribution in [0, 0.1) is 0 Å². The topological polar surface area (TPSA) is 116 Å². The summed E-state index contributed by atoms with van der Waals surface area (Å²) in [4.78, 5) is 34.3. The van der Waals surface area contributed by atoms with Crippen molar-refractivity contribution in [3.8, 4) is 0 Å². The molecule has 0 aromatic heterocycles. The van der Waals surface area contributed by atoms with Gasteiger partial charge in [0.15, 0.2) is 5.78 Å². The number of ketones is 1. The summed E-state index contributed by atoms with van der Waals surface area (Å²) in [5, 5.41) is 23.2. The van der Waals surface area contributed by atoms with E-state index in [9.17, 15) is 19.5 Å². The van der Waals surface area contributed by atoms with Crippen molar-refractivity contribution in [1.82, 2.24) is 10.6 Å². The van der Waals surface area contributed by atoms with Crippen molar-refractivity contribution >= 4 is 29.4 Å². The molecule has 4 atom stereocenters. The molecule has 1 amide bonds. The van der Waals surface area contributed by atoms with Gasteiger partial charge in [-0.2, -0.15) is 11.8 Å². The van der Waals surface area contributed by atoms with Crippen LogP contribution in [0.4, 0.5) is 0 Å². The smallest absolute Gasteiger partial charge is 0.326 e. The van der Waals surface area contributed by atoms with Gasteiger partial charge in [-0.3, -0.25) is 9.59 Å². The van der Waals surface area contributed by atoms with Crippen LogP contribution < -0.4 is 10.6 Å². The van der Waals surface area contributed by atoms with E-state index in [4.69, 9.17) is 5.11 Å². The minimum absolute atomic E-state index is 0.0309. The molecule has 0 bridgehead atoms. The second-order valence-corrected chi connectivity index (χ2v) is 5.84. The summed E-state index contributed by atoms with van der Waals surface area (Å²) in [6.45, 7) is 1.60. The first kappa shape index (κ1) is 16.9. The van der Waals surface area contributed by atoms with Crippen molar-refractivity contribution in [1.29, 1.82) is 0 Å². The van der Waals surface area contributed by atoms with Crippen LogP contribution in [0.25, 0.3) is 0 Å². The van der Waals surface area contributed by atoms with Gasteiger partial charge in [-0.05, 0) is 19.1 Å². The number of hydrogen-bond acceptors (Lipinski definition) is 6. The van der Waals surface area contributed by atoms with Crippen LogP contribution in [0.2, 0.25) is 0 Å². The van der Waals surface area contributed by atoms with Crippen LogP contribution in [0.1, 0.15) is 19.8 Å². The zero-order valence-corrected chi connectivity index (χ0v) is 12.3. The molecule has 114 valence electrons. The molecule has 1 rings (SSSR count). The van der Waals surface area contributed by atoms with Crippen LogP contribution in [-0.4, -0.2) is 64.1 Å². The molecule has 20 heavy (non-hydrogen) atoms. The van der Waals surface area contributed by atoms with Gasteiger partial charge in [-0.25, -0.2) is 4.79 Å². The number of amides is 1. The lowest BCUT2D eigenvalue weighted by molar-refractivity contribution is -0.141. The number of hydrogen-bond donors (Lipinski definition) is 4. The third kappa shape index (κ3) is 4.77. The van der Waals surface area contributed by atoms with Crippen molar-refractivity contribution in [2.24, 2.45) is 0 Å². The number of carbonyl (C=O) groups is 3. The summed E-state index contributed by atoms with van der Waals surface area (Å²) in [6, 6.07) is -1.53. The third-order valence-corrected chi connectivity index (χ3v) is 4.17. The first-order valence-corrected chi connectivity index (χ1v) is 7.61. The fraction of sp³-hybridized carbons (Fsp3) is 0.750. The number of rotatable bonds is 7. The number of aliphatic carboxylic acids is 1. The first-order valence-electron chi connectivity index (χ1n) is 6.33. The lowest BCUT2D eigenvalue weighted by Gasteiger charge is -2.21. The predicted molar refractivity (Wildman–Crippen MR) is 74.6 cm³/mol. The van der Waals surface area contributed by atoms with Crippen molar-refractivity contribution in [3.05, 3.63) is 0 Å². The molecule has 8 heteroatoms. The number of Topliss-reactive ketones (excluding diaryl/α,β-unsaturated/α-hetero) is 1. The number of nitrogens with one attached hydrogen (secondary N) is 2. The highest BCUT2D eigenvalue weighted by atomic mass is 32.2. The molecule has 1 fully saturated rings. The largest absolute Gasteiger partial charge is 0.480 e. The number of carbonyl (C=O) groups excluding carboxylic acids is 2. The molecule has 1 unspecified atom stereocenters. The molecular weight excluding hydrogens is 284 g/mol. The van der Waals surface area contributed by atoms with Gasteiger partial charge in [0, 0.05) is 13.5 Å². The van der Waals surface area contributed by atoms with Crippen LogP contribution >= 0.6 is 11.8 Å². The van der Waals surface area contributed by atoms with E-state index in [0.717, 1.165) is 0 Å². The predicted octanol–water partition coefficient (Wildman–Crippen LogP) is -1.01. The van der Waals surface area contributed by atoms with Gasteiger partial charge in [0.1, 0.15) is 6.04 Å². The molecule has 0 aromatic rings. The average molecular weight is 304 g/mol. The summed E-state index contributed by atoms with van der Waals surface area (Å²) in [6.07, 6.45) is 1.55. The van der Waals surface area contributed by atoms with Gasteiger partial charge in [-0.15, -0.1) is 0 Å². The van der Waals surface area contributed by atoms with Gasteiger partial charge in [-0.1, -0.05) is 0 Å². The van der Waals surface area contributed by atoms with Crippen molar-refractivity contribution in [2.45, 2.75) is 43.2 Å². The van der Waals surface area contributed by atoms with E-state index in [1.54, 1.807) is 6.26 Å². The Kier molecular flexibility index (Phi) is 6.44. The SMILES string of the molecule is CSC(C[C@H](NC(C)=O)C(=O)O)C(=O)[C@@H]1C[C@@H](O)CN1. The van der Waals surface area contributed by atoms with E-state index in [2.05, 4.69) is 10.6 Å². The Morgan fingerprint density at radius 2 is 2.10 bits per heavy atom. The monoisotopic (exact) mass is 304 g/mol. The summed E-state index contributed by atoms with van der Waals surface area (Å²) >= 11 is 1.25. The van der Waals surface area contributed by atoms with Crippen LogP contribution in [-0.2, 0) is 14.4 Å². The maximum Gasteiger partial charge on any atom is 0.326 e. The van der Waals surface area contributed by atoms with Crippen LogP contribution in [0.5, 0.6) is 0 Å². The molecule has 7 nitrogen and oxygen atoms in total. The third-order valence-electron chi connectivity index (χ3n) is 3.18. The number of carboxylic acids is 1. The van der Waals surface area contributed by atoms with E-state index in [1.807, 2.05) is 0 Å². The maximum atomic E-state index is 12.3. The van der Waals surface area contributed by atoms with Crippen molar-refractivity contribution in [3.63, 3.8) is 0 Å². The molecule has 4 N–H and O–H groups in total. The Balaban J connectivity index is 2.66. The van der Waals surface area contributed by atoms with Gasteiger partial charge < -0.3 is 20.8 Å². The van der Waals surface area contributed by atoms with Crippen LogP contribution in [0.3, 0.4) is 0 Å². The zero-order chi connectivity index (χ0) is 15.3. The molecule has 0 saturated carbocycles. The number of aliphatic hydroxyl groups excluding tert-OH is 1. The molecule has 0 spiro atoms. The maximum absolute atomic E-state index is 12.3. The lowest BCUT2D eigenvalue weighted by atomic mass is 10.0. The van der Waals surface area contributed by atoms with Crippen molar-refractivity contribution in [2.75, 3.05) is 12.8 Å². The Morgan fingerprint density at radius 1 is 1.45 bits per heavy atom. The second-order valence-electron chi connectivity index (χ2n) is 4.80. The molecule has 1 aliphatic rings. The highest BCUT2D eigenvalue weighted by molar-refractivity contribution is 7.99. The van der Waals surface area contributed by atoms with Gasteiger partial charge in [0.2, 0.25) is 5.91 Å². The van der Waals surface area contributed by atoms with Gasteiger partial charge in [0.25, 0.3) is 0 Å². The van der Waals surface area contributed by atoms with Gasteiger partial charge >= 0.3 is 5.97 Å². The minimum Gasteiger partial charge on any atom is -0.480 e. The summed E-state index contributed by atoms with van der Waals surface area (Å²) in [5.74, 6) is -1.74. The molecular formula is C12H20N2O5S. The standard InChI is InChI=1S/C12H20N2O5S/c1-6(15)14-9(12(18)19)4-10(20-2)11(17)8-3-7(16)5-13-8/h7-10,13,16H,3-5H2,1-2H3,(H,14,15)(H,18,19)/t7-,8+,9+,10?/m1/s1. The highest BCUT2D eigenvalue weighted by Crippen LogP contribution is 2.20. The fourth-order valence-corrected chi connectivity index (χ4v) is 2.95. The number of β-amino-alcohol motifs (C(OH)–C–C–N with tert-alkyl or cyclic N) is 1. The van der Waals surface area contributed by atoms with Crippen molar-refractivity contribution < 1.29 is 24.6 Å². The fourth-order valence-electron chi connectivity index (χ4n) is 2.17. The summed E-state index contributed by atoms with van der Waals surface area (Å²) in [5.41, 5.74) is 0. The Morgan fingerprint density at radius 3 is 2.50 bits per heavy atom. The Hall–Kier alpha value is -1.12. The number of thioether (sulfide) groups is 1.